The van der Waals surface area contributed by atoms with Crippen molar-refractivity contribution in [1.82, 2.24) is 20.1 Å². The van der Waals surface area contributed by atoms with Crippen LogP contribution in [0.3, 0.4) is 0 Å². The third-order valence-electron chi connectivity index (χ3n) is 2.65. The Morgan fingerprint density at radius 3 is 2.89 bits per heavy atom. The number of aromatic hydroxyl groups is 1. The van der Waals surface area contributed by atoms with Crippen molar-refractivity contribution in [2.24, 2.45) is 7.05 Å². The number of phenols is 1. The first-order valence-electron chi connectivity index (χ1n) is 5.60. The summed E-state index contributed by atoms with van der Waals surface area (Å²) in [5, 5.41) is 19.9. The van der Waals surface area contributed by atoms with Gasteiger partial charge in [0.25, 0.3) is 5.91 Å². The summed E-state index contributed by atoms with van der Waals surface area (Å²) < 4.78 is 6.63. The van der Waals surface area contributed by atoms with Gasteiger partial charge < -0.3 is 19.7 Å². The van der Waals surface area contributed by atoms with Gasteiger partial charge in [0.15, 0.2) is 17.3 Å². The zero-order chi connectivity index (χ0) is 13.8. The Balaban J connectivity index is 2.04. The molecule has 19 heavy (non-hydrogen) atoms. The predicted octanol–water partition coefficient (Wildman–Crippen LogP) is 0.459. The van der Waals surface area contributed by atoms with Gasteiger partial charge in [0, 0.05) is 12.6 Å². The largest absolute Gasteiger partial charge is 0.504 e. The average molecular weight is 262 g/mol. The van der Waals surface area contributed by atoms with Gasteiger partial charge in [-0.2, -0.15) is 0 Å². The molecule has 0 spiro atoms. The van der Waals surface area contributed by atoms with Crippen LogP contribution < -0.4 is 10.1 Å². The number of nitrogens with zero attached hydrogens (tertiary/aromatic N) is 3. The maximum Gasteiger partial charge on any atom is 0.251 e. The molecule has 2 N–H and O–H groups in total. The van der Waals surface area contributed by atoms with Gasteiger partial charge in [0.1, 0.15) is 6.33 Å². The van der Waals surface area contributed by atoms with Crippen LogP contribution in [0, 0.1) is 0 Å². The number of methoxy groups -OCH3 is 1. The van der Waals surface area contributed by atoms with E-state index < -0.39 is 0 Å². The Kier molecular flexibility index (Phi) is 3.65. The Morgan fingerprint density at radius 2 is 2.32 bits per heavy atom. The second kappa shape index (κ2) is 5.38. The minimum absolute atomic E-state index is 0.0752. The molecule has 0 aliphatic heterocycles. The smallest absolute Gasteiger partial charge is 0.251 e. The predicted molar refractivity (Wildman–Crippen MR) is 66.8 cm³/mol. The van der Waals surface area contributed by atoms with Crippen molar-refractivity contribution in [1.29, 1.82) is 0 Å². The number of nitrogens with one attached hydrogen (secondary N) is 1. The molecule has 1 aromatic heterocycles. The SMILES string of the molecule is COc1ccc(C(=O)NCc2nncn2C)cc1O. The summed E-state index contributed by atoms with van der Waals surface area (Å²) in [6.07, 6.45) is 1.56. The molecule has 1 aromatic carbocycles. The van der Waals surface area contributed by atoms with Crippen molar-refractivity contribution in [3.05, 3.63) is 35.9 Å². The van der Waals surface area contributed by atoms with Gasteiger partial charge in [0.2, 0.25) is 0 Å². The molecule has 1 amide bonds. The number of hydrogen-bond acceptors (Lipinski definition) is 5. The maximum absolute atomic E-state index is 11.9. The van der Waals surface area contributed by atoms with Crippen molar-refractivity contribution < 1.29 is 14.6 Å². The summed E-state index contributed by atoms with van der Waals surface area (Å²) in [5.74, 6) is 0.589. The second-order valence-corrected chi connectivity index (χ2v) is 3.93. The fourth-order valence-corrected chi connectivity index (χ4v) is 1.56. The van der Waals surface area contributed by atoms with E-state index in [0.717, 1.165) is 0 Å². The molecular formula is C12H14N4O3. The average Bonchev–Trinajstić information content (AvgIpc) is 2.81. The molecule has 0 fully saturated rings. The van der Waals surface area contributed by atoms with E-state index in [1.807, 2.05) is 0 Å². The molecule has 7 heteroatoms. The van der Waals surface area contributed by atoms with Crippen LogP contribution in [0.25, 0.3) is 0 Å². The number of phenolic OH excluding ortho intramolecular Hbond substituents is 1. The van der Waals surface area contributed by atoms with Gasteiger partial charge in [-0.15, -0.1) is 10.2 Å². The fraction of sp³-hybridized carbons (Fsp3) is 0.250. The summed E-state index contributed by atoms with van der Waals surface area (Å²) in [4.78, 5) is 11.9. The van der Waals surface area contributed by atoms with Crippen molar-refractivity contribution in [3.63, 3.8) is 0 Å². The number of aryl methyl sites for hydroxylation is 1. The lowest BCUT2D eigenvalue weighted by atomic mass is 10.2. The number of carbonyl (C=O) groups excluding carboxylic acids is 1. The first-order chi connectivity index (χ1) is 9.11. The fourth-order valence-electron chi connectivity index (χ4n) is 1.56. The monoisotopic (exact) mass is 262 g/mol. The van der Waals surface area contributed by atoms with E-state index >= 15 is 0 Å². The molecule has 1 heterocycles. The van der Waals surface area contributed by atoms with Gasteiger partial charge >= 0.3 is 0 Å². The number of hydrogen-bond donors (Lipinski definition) is 2. The van der Waals surface area contributed by atoms with Gasteiger partial charge in [-0.1, -0.05) is 0 Å². The first-order valence-corrected chi connectivity index (χ1v) is 5.60. The highest BCUT2D eigenvalue weighted by molar-refractivity contribution is 5.94. The molecule has 0 aliphatic rings. The van der Waals surface area contributed by atoms with Crippen molar-refractivity contribution in [2.75, 3.05) is 7.11 Å². The van der Waals surface area contributed by atoms with Crippen LogP contribution in [-0.4, -0.2) is 32.9 Å². The summed E-state index contributed by atoms with van der Waals surface area (Å²) in [7, 11) is 3.24. The number of benzene rings is 1. The molecular weight excluding hydrogens is 248 g/mol. The number of carbonyl (C=O) groups is 1. The molecule has 0 radical (unpaired) electrons. The Bertz CT molecular complexity index is 594. The maximum atomic E-state index is 11.9. The minimum atomic E-state index is -0.305. The number of rotatable bonds is 4. The van der Waals surface area contributed by atoms with Crippen LogP contribution in [0.4, 0.5) is 0 Å². The molecule has 0 unspecified atom stereocenters. The molecule has 2 rings (SSSR count). The third-order valence-corrected chi connectivity index (χ3v) is 2.65. The molecule has 0 aliphatic carbocycles. The highest BCUT2D eigenvalue weighted by Gasteiger charge is 2.10. The van der Waals surface area contributed by atoms with E-state index in [2.05, 4.69) is 15.5 Å². The summed E-state index contributed by atoms with van der Waals surface area (Å²) in [6, 6.07) is 4.46. The van der Waals surface area contributed by atoms with Crippen molar-refractivity contribution in [2.45, 2.75) is 6.54 Å². The topological polar surface area (TPSA) is 89.3 Å². The van der Waals surface area contributed by atoms with Crippen LogP contribution in [0.2, 0.25) is 0 Å². The molecule has 7 nitrogen and oxygen atoms in total. The number of ether oxygens (including phenoxy) is 1. The molecule has 0 atom stereocenters. The Morgan fingerprint density at radius 1 is 1.53 bits per heavy atom. The highest BCUT2D eigenvalue weighted by atomic mass is 16.5. The van der Waals surface area contributed by atoms with Gasteiger partial charge in [-0.25, -0.2) is 0 Å². The number of aromatic nitrogens is 3. The van der Waals surface area contributed by atoms with E-state index in [-0.39, 0.29) is 18.2 Å². The van der Waals surface area contributed by atoms with E-state index in [1.54, 1.807) is 24.0 Å². The van der Waals surface area contributed by atoms with Crippen LogP contribution in [-0.2, 0) is 13.6 Å². The normalized spacial score (nSPS) is 10.2. The summed E-state index contributed by atoms with van der Waals surface area (Å²) in [5.41, 5.74) is 0.348. The molecule has 0 bridgehead atoms. The standard InChI is InChI=1S/C12H14N4O3/c1-16-7-14-15-11(16)6-13-12(18)8-3-4-10(19-2)9(17)5-8/h3-5,7,17H,6H2,1-2H3,(H,13,18). The quantitative estimate of drug-likeness (QED) is 0.835. The number of amides is 1. The second-order valence-electron chi connectivity index (χ2n) is 3.93. The van der Waals surface area contributed by atoms with E-state index in [4.69, 9.17) is 4.74 Å². The van der Waals surface area contributed by atoms with E-state index in [9.17, 15) is 9.90 Å². The lowest BCUT2D eigenvalue weighted by Gasteiger charge is -2.07. The zero-order valence-electron chi connectivity index (χ0n) is 10.6. The minimum Gasteiger partial charge on any atom is -0.504 e. The van der Waals surface area contributed by atoms with Crippen LogP contribution in [0.5, 0.6) is 11.5 Å². The van der Waals surface area contributed by atoms with E-state index in [0.29, 0.717) is 17.1 Å². The third kappa shape index (κ3) is 2.82. The molecule has 0 saturated carbocycles. The lowest BCUT2D eigenvalue weighted by molar-refractivity contribution is 0.0949. The van der Waals surface area contributed by atoms with Gasteiger partial charge in [-0.3, -0.25) is 4.79 Å². The zero-order valence-corrected chi connectivity index (χ0v) is 10.6. The van der Waals surface area contributed by atoms with Crippen LogP contribution in [0.1, 0.15) is 16.2 Å². The first kappa shape index (κ1) is 12.9. The Hall–Kier alpha value is -2.57. The van der Waals surface area contributed by atoms with Crippen molar-refractivity contribution >= 4 is 5.91 Å². The summed E-state index contributed by atoms with van der Waals surface area (Å²) in [6.45, 7) is 0.266. The highest BCUT2D eigenvalue weighted by Crippen LogP contribution is 2.26. The Labute approximate surface area is 109 Å². The van der Waals surface area contributed by atoms with Crippen molar-refractivity contribution in [3.8, 4) is 11.5 Å². The molecule has 100 valence electrons. The molecule has 0 saturated heterocycles. The van der Waals surface area contributed by atoms with Gasteiger partial charge in [0.05, 0.1) is 13.7 Å². The van der Waals surface area contributed by atoms with Gasteiger partial charge in [-0.05, 0) is 18.2 Å². The molecule has 2 aromatic rings. The van der Waals surface area contributed by atoms with Crippen LogP contribution >= 0.6 is 0 Å². The lowest BCUT2D eigenvalue weighted by Crippen LogP contribution is -2.24. The van der Waals surface area contributed by atoms with Crippen LogP contribution in [0.15, 0.2) is 24.5 Å². The summed E-state index contributed by atoms with van der Waals surface area (Å²) >= 11 is 0. The van der Waals surface area contributed by atoms with E-state index in [1.165, 1.54) is 19.2 Å².